The Balaban J connectivity index is 1.20. The number of cyclic esters (lactones) is 1. The molecular weight excluding hydrogens is 508 g/mol. The molecule has 0 aromatic heterocycles. The van der Waals surface area contributed by atoms with Crippen molar-refractivity contribution in [3.8, 4) is 11.5 Å². The fraction of sp³-hybridized carbons (Fsp3) is 0.500. The number of carbonyl (C=O) groups is 1. The number of nitrogens with zero attached hydrogens (tertiary/aromatic N) is 1. The van der Waals surface area contributed by atoms with Crippen molar-refractivity contribution in [2.45, 2.75) is 83.2 Å². The molecule has 0 atom stereocenters. The van der Waals surface area contributed by atoms with E-state index < -0.39 is 22.1 Å². The highest BCUT2D eigenvalue weighted by molar-refractivity contribution is 7.82. The number of oxime groups is 1. The van der Waals surface area contributed by atoms with Gasteiger partial charge < -0.3 is 13.7 Å². The third kappa shape index (κ3) is 6.98. The van der Waals surface area contributed by atoms with Crippen molar-refractivity contribution in [2.75, 3.05) is 11.9 Å². The topological polar surface area (TPSA) is 113 Å². The van der Waals surface area contributed by atoms with E-state index in [0.717, 1.165) is 11.3 Å². The predicted octanol–water partition coefficient (Wildman–Crippen LogP) is 6.80. The molecule has 0 saturated heterocycles. The maximum Gasteiger partial charge on any atom is 0.521 e. The molecule has 0 spiro atoms. The van der Waals surface area contributed by atoms with E-state index in [1.807, 2.05) is 38.1 Å². The van der Waals surface area contributed by atoms with Gasteiger partial charge in [-0.3, -0.25) is 5.32 Å². The van der Waals surface area contributed by atoms with E-state index in [1.54, 1.807) is 18.2 Å². The third-order valence-electron chi connectivity index (χ3n) is 7.26. The van der Waals surface area contributed by atoms with E-state index >= 15 is 0 Å². The van der Waals surface area contributed by atoms with Crippen LogP contribution in [-0.4, -0.2) is 27.3 Å². The lowest BCUT2D eigenvalue weighted by Crippen LogP contribution is -2.38. The fourth-order valence-electron chi connectivity index (χ4n) is 5.11. The van der Waals surface area contributed by atoms with Crippen LogP contribution in [0.25, 0.3) is 0 Å². The highest BCUT2D eigenvalue weighted by Gasteiger charge is 2.39. The third-order valence-corrected chi connectivity index (χ3v) is 7.92. The van der Waals surface area contributed by atoms with Crippen molar-refractivity contribution in [2.24, 2.45) is 5.16 Å². The lowest BCUT2D eigenvalue weighted by Gasteiger charge is -2.37. The number of fused-ring (bicyclic) bond motifs is 1. The number of hydrogen-bond donors (Lipinski definition) is 1. The molecule has 2 aromatic rings. The standard InChI is InChI=1S/C28H36N2O7S/c1-3-28(4-2)25-20-24(16-17-26(25)30-27(31)35-28)34-19-9-8-18-29-37-38(32,33)36-23-14-12-22(13-15-23)21-10-6-5-7-11-21/h12-18,20-21H,3-11,19H2,1-2H3,(H,30,31). The molecule has 38 heavy (non-hydrogen) atoms. The van der Waals surface area contributed by atoms with E-state index in [0.29, 0.717) is 44.0 Å². The summed E-state index contributed by atoms with van der Waals surface area (Å²) in [5, 5.41) is 6.27. The Morgan fingerprint density at radius 3 is 2.47 bits per heavy atom. The summed E-state index contributed by atoms with van der Waals surface area (Å²) in [6.45, 7) is 4.36. The minimum atomic E-state index is -4.31. The molecule has 1 fully saturated rings. The van der Waals surface area contributed by atoms with Gasteiger partial charge >= 0.3 is 16.5 Å². The Bertz CT molecular complexity index is 1220. The molecule has 10 heteroatoms. The number of amides is 1. The van der Waals surface area contributed by atoms with Crippen LogP contribution in [0.3, 0.4) is 0 Å². The van der Waals surface area contributed by atoms with Crippen LogP contribution in [0.5, 0.6) is 11.5 Å². The molecule has 206 valence electrons. The summed E-state index contributed by atoms with van der Waals surface area (Å²) in [4.78, 5) is 11.9. The maximum absolute atomic E-state index is 12.1. The van der Waals surface area contributed by atoms with Crippen molar-refractivity contribution in [1.82, 2.24) is 0 Å². The second kappa shape index (κ2) is 12.5. The average Bonchev–Trinajstić information content (AvgIpc) is 2.92. The minimum Gasteiger partial charge on any atom is -0.494 e. The quantitative estimate of drug-likeness (QED) is 0.178. The maximum atomic E-state index is 12.1. The van der Waals surface area contributed by atoms with E-state index in [-0.39, 0.29) is 5.75 Å². The van der Waals surface area contributed by atoms with Crippen LogP contribution >= 0.6 is 0 Å². The number of ether oxygens (including phenoxy) is 2. The number of rotatable bonds is 12. The first kappa shape index (κ1) is 27.8. The number of benzene rings is 2. The van der Waals surface area contributed by atoms with Crippen molar-refractivity contribution in [3.63, 3.8) is 0 Å². The molecular formula is C28H36N2O7S. The van der Waals surface area contributed by atoms with Gasteiger partial charge in [0.25, 0.3) is 0 Å². The van der Waals surface area contributed by atoms with Crippen molar-refractivity contribution in [3.05, 3.63) is 53.6 Å². The first-order valence-corrected chi connectivity index (χ1v) is 14.7. The largest absolute Gasteiger partial charge is 0.521 e. The molecule has 1 aliphatic heterocycles. The molecule has 0 bridgehead atoms. The fourth-order valence-corrected chi connectivity index (χ4v) is 5.65. The summed E-state index contributed by atoms with van der Waals surface area (Å²) in [6, 6.07) is 12.6. The van der Waals surface area contributed by atoms with Gasteiger partial charge in [-0.25, -0.2) is 9.08 Å². The monoisotopic (exact) mass is 544 g/mol. The molecule has 0 radical (unpaired) electrons. The van der Waals surface area contributed by atoms with Crippen molar-refractivity contribution >= 4 is 28.4 Å². The van der Waals surface area contributed by atoms with Gasteiger partial charge in [-0.1, -0.05) is 50.4 Å². The molecule has 9 nitrogen and oxygen atoms in total. The van der Waals surface area contributed by atoms with E-state index in [2.05, 4.69) is 14.8 Å². The van der Waals surface area contributed by atoms with Crippen LogP contribution in [0, 0.1) is 0 Å². The van der Waals surface area contributed by atoms with E-state index in [1.165, 1.54) is 43.9 Å². The summed E-state index contributed by atoms with van der Waals surface area (Å²) in [6.07, 6.45) is 9.36. The van der Waals surface area contributed by atoms with Gasteiger partial charge in [0.1, 0.15) is 17.1 Å². The highest BCUT2D eigenvalue weighted by Crippen LogP contribution is 2.42. The van der Waals surface area contributed by atoms with Gasteiger partial charge in [-0.05, 0) is 80.3 Å². The van der Waals surface area contributed by atoms with Crippen LogP contribution in [0.2, 0.25) is 0 Å². The van der Waals surface area contributed by atoms with Crippen LogP contribution in [0.4, 0.5) is 10.5 Å². The SMILES string of the molecule is CCC1(CC)OC(=O)Nc2ccc(OCCCC=NOS(=O)(=O)Oc3ccc(C4CCCCC4)cc3)cc21. The molecule has 1 saturated carbocycles. The van der Waals surface area contributed by atoms with Gasteiger partial charge in [-0.15, -0.1) is 8.42 Å². The zero-order valence-electron chi connectivity index (χ0n) is 22.0. The smallest absolute Gasteiger partial charge is 0.494 e. The highest BCUT2D eigenvalue weighted by atomic mass is 32.3. The lowest BCUT2D eigenvalue weighted by molar-refractivity contribution is 0.00452. The van der Waals surface area contributed by atoms with Gasteiger partial charge in [0.05, 0.1) is 12.3 Å². The molecule has 1 amide bonds. The van der Waals surface area contributed by atoms with E-state index in [9.17, 15) is 13.2 Å². The van der Waals surface area contributed by atoms with Crippen LogP contribution in [0.1, 0.15) is 88.7 Å². The molecule has 1 N–H and O–H groups in total. The number of hydrogen-bond acceptors (Lipinski definition) is 8. The predicted molar refractivity (Wildman–Crippen MR) is 145 cm³/mol. The average molecular weight is 545 g/mol. The first-order valence-electron chi connectivity index (χ1n) is 13.4. The number of unbranched alkanes of at least 4 members (excludes halogenated alkanes) is 1. The van der Waals surface area contributed by atoms with Crippen LogP contribution < -0.4 is 14.2 Å². The number of nitrogens with one attached hydrogen (secondary N) is 1. The molecule has 1 heterocycles. The normalized spacial score (nSPS) is 17.4. The Morgan fingerprint density at radius 1 is 1.05 bits per heavy atom. The zero-order chi connectivity index (χ0) is 27.0. The Hall–Kier alpha value is -3.27. The second-order valence-electron chi connectivity index (χ2n) is 9.67. The first-order chi connectivity index (χ1) is 18.3. The molecule has 4 rings (SSSR count). The summed E-state index contributed by atoms with van der Waals surface area (Å²) in [7, 11) is -4.31. The Labute approximate surface area is 224 Å². The summed E-state index contributed by atoms with van der Waals surface area (Å²) in [5.41, 5.74) is 2.15. The molecule has 2 aromatic carbocycles. The second-order valence-corrected chi connectivity index (χ2v) is 10.8. The molecule has 1 aliphatic carbocycles. The summed E-state index contributed by atoms with van der Waals surface area (Å²) < 4.78 is 45.2. The molecule has 2 aliphatic rings. The van der Waals surface area contributed by atoms with Crippen LogP contribution in [-0.2, 0) is 25.0 Å². The number of carbonyl (C=O) groups excluding carboxylic acids is 1. The Morgan fingerprint density at radius 2 is 1.76 bits per heavy atom. The zero-order valence-corrected chi connectivity index (χ0v) is 22.8. The van der Waals surface area contributed by atoms with Crippen LogP contribution in [0.15, 0.2) is 47.6 Å². The minimum absolute atomic E-state index is 0.193. The Kier molecular flexibility index (Phi) is 9.14. The van der Waals surface area contributed by atoms with Crippen molar-refractivity contribution in [1.29, 1.82) is 0 Å². The van der Waals surface area contributed by atoms with Gasteiger partial charge in [0.2, 0.25) is 0 Å². The van der Waals surface area contributed by atoms with Crippen molar-refractivity contribution < 1.29 is 31.2 Å². The number of anilines is 1. The van der Waals surface area contributed by atoms with Gasteiger partial charge in [-0.2, -0.15) is 0 Å². The van der Waals surface area contributed by atoms with Gasteiger partial charge in [0, 0.05) is 11.8 Å². The summed E-state index contributed by atoms with van der Waals surface area (Å²) in [5.74, 6) is 1.39. The summed E-state index contributed by atoms with van der Waals surface area (Å²) >= 11 is 0. The van der Waals surface area contributed by atoms with Gasteiger partial charge in [0.15, 0.2) is 0 Å². The molecule has 0 unspecified atom stereocenters. The van der Waals surface area contributed by atoms with E-state index in [4.69, 9.17) is 13.7 Å². The lowest BCUT2D eigenvalue weighted by atomic mass is 9.84.